The van der Waals surface area contributed by atoms with Crippen LogP contribution >= 0.6 is 0 Å². The van der Waals surface area contributed by atoms with Crippen LogP contribution in [0.1, 0.15) is 63.9 Å². The molecular weight excluding hydrogens is 440 g/mol. The summed E-state index contributed by atoms with van der Waals surface area (Å²) in [4.78, 5) is 28.4. The van der Waals surface area contributed by atoms with Crippen LogP contribution in [0.5, 0.6) is 0 Å². The van der Waals surface area contributed by atoms with Gasteiger partial charge in [-0.3, -0.25) is 4.79 Å². The van der Waals surface area contributed by atoms with Gasteiger partial charge in [-0.1, -0.05) is 32.4 Å². The van der Waals surface area contributed by atoms with Crippen molar-refractivity contribution in [2.75, 3.05) is 45.8 Å². The van der Waals surface area contributed by atoms with E-state index in [4.69, 9.17) is 0 Å². The topological polar surface area (TPSA) is 90.0 Å². The normalized spacial score (nSPS) is 19.3. The van der Waals surface area contributed by atoms with Crippen molar-refractivity contribution in [3.63, 3.8) is 0 Å². The number of hydrogen-bond donors (Lipinski definition) is 1. The number of sulfonamides is 1. The lowest BCUT2D eigenvalue weighted by atomic mass is 9.99. The van der Waals surface area contributed by atoms with E-state index in [1.165, 1.54) is 4.31 Å². The molecule has 0 aliphatic carbocycles. The Labute approximate surface area is 198 Å². The number of rotatable bonds is 8. The SMILES string of the molecule is CC[C@H](C)c1ccc(S(=O)(=O)N2CCN(C(=O)NCCCN3CCCCCC3=O)CC2)cc1. The van der Waals surface area contributed by atoms with E-state index in [1.807, 2.05) is 17.0 Å². The molecule has 2 heterocycles. The van der Waals surface area contributed by atoms with Crippen molar-refractivity contribution in [1.82, 2.24) is 19.4 Å². The summed E-state index contributed by atoms with van der Waals surface area (Å²) in [5.41, 5.74) is 1.14. The fourth-order valence-electron chi connectivity index (χ4n) is 4.34. The lowest BCUT2D eigenvalue weighted by Crippen LogP contribution is -2.53. The van der Waals surface area contributed by atoms with Crippen LogP contribution in [0.15, 0.2) is 29.2 Å². The van der Waals surface area contributed by atoms with Crippen molar-refractivity contribution >= 4 is 22.0 Å². The minimum Gasteiger partial charge on any atom is -0.343 e. The molecule has 2 aliphatic rings. The quantitative estimate of drug-likeness (QED) is 0.582. The standard InChI is InChI=1S/C24H38N4O4S/c1-3-20(2)21-9-11-22(12-10-21)33(31,32)28-18-16-27(17-19-28)24(30)25-13-7-15-26-14-6-4-5-8-23(26)29/h9-12,20H,3-8,13-19H2,1-2H3,(H,25,30)/t20-/m0/s1. The zero-order chi connectivity index (χ0) is 23.8. The van der Waals surface area contributed by atoms with Gasteiger partial charge in [-0.2, -0.15) is 4.31 Å². The van der Waals surface area contributed by atoms with Crippen LogP contribution < -0.4 is 5.32 Å². The molecule has 0 aromatic heterocycles. The third-order valence-corrected chi connectivity index (χ3v) is 8.69. The summed E-state index contributed by atoms with van der Waals surface area (Å²) >= 11 is 0. The zero-order valence-electron chi connectivity index (χ0n) is 20.0. The first-order valence-corrected chi connectivity index (χ1v) is 13.7. The van der Waals surface area contributed by atoms with Gasteiger partial charge in [0.15, 0.2) is 0 Å². The molecule has 1 aromatic carbocycles. The monoisotopic (exact) mass is 478 g/mol. The van der Waals surface area contributed by atoms with E-state index in [9.17, 15) is 18.0 Å². The van der Waals surface area contributed by atoms with Gasteiger partial charge in [-0.05, 0) is 49.3 Å². The molecule has 1 atom stereocenters. The van der Waals surface area contributed by atoms with Gasteiger partial charge in [0, 0.05) is 52.2 Å². The molecule has 0 spiro atoms. The molecule has 2 fully saturated rings. The van der Waals surface area contributed by atoms with Crippen molar-refractivity contribution in [2.24, 2.45) is 0 Å². The summed E-state index contributed by atoms with van der Waals surface area (Å²) in [6.45, 7) is 7.51. The van der Waals surface area contributed by atoms with E-state index in [0.717, 1.165) is 44.2 Å². The van der Waals surface area contributed by atoms with Gasteiger partial charge >= 0.3 is 6.03 Å². The van der Waals surface area contributed by atoms with E-state index in [-0.39, 0.29) is 25.0 Å². The van der Waals surface area contributed by atoms with Gasteiger partial charge in [0.2, 0.25) is 15.9 Å². The maximum absolute atomic E-state index is 13.0. The van der Waals surface area contributed by atoms with Crippen LogP contribution in [0.4, 0.5) is 4.79 Å². The van der Waals surface area contributed by atoms with Gasteiger partial charge in [-0.25, -0.2) is 13.2 Å². The molecule has 184 valence electrons. The summed E-state index contributed by atoms with van der Waals surface area (Å²) in [7, 11) is -3.56. The lowest BCUT2D eigenvalue weighted by molar-refractivity contribution is -0.130. The Morgan fingerprint density at radius 3 is 2.39 bits per heavy atom. The largest absolute Gasteiger partial charge is 0.343 e. The minimum absolute atomic E-state index is 0.174. The Morgan fingerprint density at radius 2 is 1.73 bits per heavy atom. The molecule has 8 nitrogen and oxygen atoms in total. The molecule has 1 N–H and O–H groups in total. The fourth-order valence-corrected chi connectivity index (χ4v) is 5.76. The highest BCUT2D eigenvalue weighted by molar-refractivity contribution is 7.89. The van der Waals surface area contributed by atoms with Gasteiger partial charge in [0.1, 0.15) is 0 Å². The molecule has 2 saturated heterocycles. The molecule has 2 aliphatic heterocycles. The number of likely N-dealkylation sites (tertiary alicyclic amines) is 1. The maximum atomic E-state index is 13.0. The van der Waals surface area contributed by atoms with Crippen molar-refractivity contribution in [1.29, 1.82) is 0 Å². The molecule has 0 radical (unpaired) electrons. The molecule has 3 rings (SSSR count). The number of hydrogen-bond acceptors (Lipinski definition) is 4. The smallest absolute Gasteiger partial charge is 0.317 e. The fraction of sp³-hybridized carbons (Fsp3) is 0.667. The molecule has 1 aromatic rings. The van der Waals surface area contributed by atoms with Gasteiger partial charge in [-0.15, -0.1) is 0 Å². The predicted octanol–water partition coefficient (Wildman–Crippen LogP) is 3.01. The first-order chi connectivity index (χ1) is 15.8. The van der Waals surface area contributed by atoms with Crippen LogP contribution in [-0.4, -0.2) is 80.3 Å². The average molecular weight is 479 g/mol. The number of benzene rings is 1. The zero-order valence-corrected chi connectivity index (χ0v) is 20.8. The summed E-state index contributed by atoms with van der Waals surface area (Å²) in [5, 5.41) is 2.91. The van der Waals surface area contributed by atoms with Gasteiger partial charge < -0.3 is 15.1 Å². The third-order valence-electron chi connectivity index (χ3n) is 6.78. The molecule has 33 heavy (non-hydrogen) atoms. The molecule has 0 saturated carbocycles. The Kier molecular flexibility index (Phi) is 9.14. The average Bonchev–Trinajstić information content (AvgIpc) is 3.05. The number of amides is 3. The second-order valence-corrected chi connectivity index (χ2v) is 11.0. The Balaban J connectivity index is 1.43. The number of nitrogens with zero attached hydrogens (tertiary/aromatic N) is 3. The van der Waals surface area contributed by atoms with Crippen LogP contribution in [0.2, 0.25) is 0 Å². The summed E-state index contributed by atoms with van der Waals surface area (Å²) in [6.07, 6.45) is 5.47. The van der Waals surface area contributed by atoms with Crippen molar-refractivity contribution in [2.45, 2.75) is 63.2 Å². The Morgan fingerprint density at radius 1 is 1.03 bits per heavy atom. The number of piperazine rings is 1. The number of nitrogens with one attached hydrogen (secondary N) is 1. The molecular formula is C24H38N4O4S. The van der Waals surface area contributed by atoms with Gasteiger partial charge in [0.25, 0.3) is 0 Å². The highest BCUT2D eigenvalue weighted by Crippen LogP contribution is 2.23. The number of carbonyl (C=O) groups is 2. The van der Waals surface area contributed by atoms with Crippen LogP contribution in [0.3, 0.4) is 0 Å². The minimum atomic E-state index is -3.56. The third kappa shape index (κ3) is 6.69. The second-order valence-electron chi connectivity index (χ2n) is 9.05. The molecule has 0 unspecified atom stereocenters. The summed E-state index contributed by atoms with van der Waals surface area (Å²) in [6, 6.07) is 6.98. The van der Waals surface area contributed by atoms with E-state index >= 15 is 0 Å². The molecule has 9 heteroatoms. The van der Waals surface area contributed by atoms with Crippen molar-refractivity contribution < 1.29 is 18.0 Å². The van der Waals surface area contributed by atoms with Crippen LogP contribution in [0.25, 0.3) is 0 Å². The Bertz CT molecular complexity index is 896. The maximum Gasteiger partial charge on any atom is 0.317 e. The van der Waals surface area contributed by atoms with E-state index in [1.54, 1.807) is 17.0 Å². The first kappa shape index (κ1) is 25.5. The van der Waals surface area contributed by atoms with E-state index in [0.29, 0.717) is 43.4 Å². The van der Waals surface area contributed by atoms with Crippen LogP contribution in [-0.2, 0) is 14.8 Å². The highest BCUT2D eigenvalue weighted by Gasteiger charge is 2.30. The van der Waals surface area contributed by atoms with Crippen LogP contribution in [0, 0.1) is 0 Å². The first-order valence-electron chi connectivity index (χ1n) is 12.2. The lowest BCUT2D eigenvalue weighted by Gasteiger charge is -2.34. The number of urea groups is 1. The summed E-state index contributed by atoms with van der Waals surface area (Å²) in [5.74, 6) is 0.610. The second kappa shape index (κ2) is 11.8. The van der Waals surface area contributed by atoms with Gasteiger partial charge in [0.05, 0.1) is 4.90 Å². The van der Waals surface area contributed by atoms with E-state index in [2.05, 4.69) is 19.2 Å². The van der Waals surface area contributed by atoms with E-state index < -0.39 is 10.0 Å². The highest BCUT2D eigenvalue weighted by atomic mass is 32.2. The predicted molar refractivity (Wildman–Crippen MR) is 129 cm³/mol. The van der Waals surface area contributed by atoms with Crippen molar-refractivity contribution in [3.05, 3.63) is 29.8 Å². The number of carbonyl (C=O) groups excluding carboxylic acids is 2. The van der Waals surface area contributed by atoms with Crippen molar-refractivity contribution in [3.8, 4) is 0 Å². The Hall–Kier alpha value is -2.13. The molecule has 3 amide bonds. The molecule has 0 bridgehead atoms. The summed E-state index contributed by atoms with van der Waals surface area (Å²) < 4.78 is 27.5.